The van der Waals surface area contributed by atoms with Crippen LogP contribution >= 0.6 is 0 Å². The maximum Gasteiger partial charge on any atom is 0.0718 e. The van der Waals surface area contributed by atoms with Gasteiger partial charge in [0.15, 0.2) is 0 Å². The van der Waals surface area contributed by atoms with E-state index in [9.17, 15) is 5.11 Å². The molecule has 0 saturated heterocycles. The number of benzene rings is 1. The number of hydrogen-bond donors (Lipinski definition) is 1. The fraction of sp³-hybridized carbons (Fsp3) is 0.600. The van der Waals surface area contributed by atoms with E-state index >= 15 is 0 Å². The molecule has 0 aliphatic rings. The fourth-order valence-electron chi connectivity index (χ4n) is 2.15. The highest BCUT2D eigenvalue weighted by Gasteiger charge is 2.18. The number of likely N-dealkylation sites (N-methyl/N-ethyl adjacent to an activating group) is 1. The highest BCUT2D eigenvalue weighted by Crippen LogP contribution is 2.20. The van der Waals surface area contributed by atoms with Gasteiger partial charge in [-0.15, -0.1) is 0 Å². The van der Waals surface area contributed by atoms with E-state index in [0.29, 0.717) is 6.54 Å². The zero-order valence-corrected chi connectivity index (χ0v) is 12.3. The first-order chi connectivity index (χ1) is 8.33. The first-order valence-corrected chi connectivity index (χ1v) is 6.53. The average Bonchev–Trinajstić information content (AvgIpc) is 2.26. The third-order valence-corrected chi connectivity index (χ3v) is 2.93. The number of para-hydroxylation sites is 1. The SMILES string of the molecule is CCN(Cc1ccccc1N(C)C)CC(C)(C)O. The fourth-order valence-corrected chi connectivity index (χ4v) is 2.15. The van der Waals surface area contributed by atoms with Crippen molar-refractivity contribution < 1.29 is 5.11 Å². The van der Waals surface area contributed by atoms with Crippen molar-refractivity contribution in [1.82, 2.24) is 4.90 Å². The summed E-state index contributed by atoms with van der Waals surface area (Å²) in [6, 6.07) is 8.42. The molecule has 18 heavy (non-hydrogen) atoms. The topological polar surface area (TPSA) is 26.7 Å². The van der Waals surface area contributed by atoms with Crippen molar-refractivity contribution >= 4 is 5.69 Å². The molecule has 0 aliphatic carbocycles. The summed E-state index contributed by atoms with van der Waals surface area (Å²) < 4.78 is 0. The van der Waals surface area contributed by atoms with Crippen LogP contribution in [-0.2, 0) is 6.54 Å². The molecule has 0 spiro atoms. The van der Waals surface area contributed by atoms with E-state index in [1.165, 1.54) is 11.3 Å². The Bertz CT molecular complexity index is 369. The maximum absolute atomic E-state index is 9.92. The van der Waals surface area contributed by atoms with Crippen LogP contribution in [0.2, 0.25) is 0 Å². The molecule has 0 radical (unpaired) electrons. The Kier molecular flexibility index (Phi) is 5.17. The molecule has 1 N–H and O–H groups in total. The summed E-state index contributed by atoms with van der Waals surface area (Å²) in [4.78, 5) is 4.40. The molecule has 0 heterocycles. The smallest absolute Gasteiger partial charge is 0.0718 e. The van der Waals surface area contributed by atoms with Gasteiger partial charge in [-0.3, -0.25) is 4.90 Å². The zero-order chi connectivity index (χ0) is 13.8. The lowest BCUT2D eigenvalue weighted by molar-refractivity contribution is 0.0354. The minimum absolute atomic E-state index is 0.650. The number of aliphatic hydroxyl groups is 1. The van der Waals surface area contributed by atoms with Crippen molar-refractivity contribution in [1.29, 1.82) is 0 Å². The van der Waals surface area contributed by atoms with Gasteiger partial charge in [0.1, 0.15) is 0 Å². The molecule has 1 aromatic rings. The molecular formula is C15H26N2O. The van der Waals surface area contributed by atoms with Crippen LogP contribution in [-0.4, -0.2) is 42.8 Å². The van der Waals surface area contributed by atoms with Crippen LogP contribution in [0, 0.1) is 0 Å². The third-order valence-electron chi connectivity index (χ3n) is 2.93. The lowest BCUT2D eigenvalue weighted by atomic mass is 10.1. The summed E-state index contributed by atoms with van der Waals surface area (Å²) in [5.41, 5.74) is 1.89. The minimum Gasteiger partial charge on any atom is -0.389 e. The van der Waals surface area contributed by atoms with E-state index in [4.69, 9.17) is 0 Å². The molecule has 102 valence electrons. The Labute approximate surface area is 111 Å². The van der Waals surface area contributed by atoms with Crippen molar-refractivity contribution in [2.75, 3.05) is 32.1 Å². The minimum atomic E-state index is -0.650. The summed E-state index contributed by atoms with van der Waals surface area (Å²) in [6.45, 7) is 8.33. The molecule has 1 rings (SSSR count). The van der Waals surface area contributed by atoms with E-state index in [1.807, 2.05) is 13.8 Å². The van der Waals surface area contributed by atoms with Gasteiger partial charge in [0.25, 0.3) is 0 Å². The van der Waals surface area contributed by atoms with E-state index in [-0.39, 0.29) is 0 Å². The Morgan fingerprint density at radius 3 is 2.28 bits per heavy atom. The van der Waals surface area contributed by atoms with Gasteiger partial charge in [-0.2, -0.15) is 0 Å². The van der Waals surface area contributed by atoms with Crippen molar-refractivity contribution in [3.63, 3.8) is 0 Å². The lowest BCUT2D eigenvalue weighted by Gasteiger charge is -2.29. The molecule has 0 aromatic heterocycles. The highest BCUT2D eigenvalue weighted by atomic mass is 16.3. The second kappa shape index (κ2) is 6.21. The van der Waals surface area contributed by atoms with Crippen LogP contribution in [0.3, 0.4) is 0 Å². The molecule has 0 unspecified atom stereocenters. The zero-order valence-electron chi connectivity index (χ0n) is 12.3. The summed E-state index contributed by atoms with van der Waals surface area (Å²) in [6.07, 6.45) is 0. The third kappa shape index (κ3) is 4.67. The van der Waals surface area contributed by atoms with Gasteiger partial charge in [0, 0.05) is 32.9 Å². The second-order valence-corrected chi connectivity index (χ2v) is 5.64. The molecule has 0 aliphatic heterocycles. The van der Waals surface area contributed by atoms with E-state index in [2.05, 4.69) is 55.1 Å². The van der Waals surface area contributed by atoms with Gasteiger partial charge in [-0.25, -0.2) is 0 Å². The predicted molar refractivity (Wildman–Crippen MR) is 78.0 cm³/mol. The molecule has 3 heteroatoms. The van der Waals surface area contributed by atoms with Crippen LogP contribution < -0.4 is 4.90 Å². The Morgan fingerprint density at radius 2 is 1.78 bits per heavy atom. The van der Waals surface area contributed by atoms with Gasteiger partial charge >= 0.3 is 0 Å². The van der Waals surface area contributed by atoms with Gasteiger partial charge in [-0.1, -0.05) is 25.1 Å². The van der Waals surface area contributed by atoms with Crippen LogP contribution in [0.4, 0.5) is 5.69 Å². The quantitative estimate of drug-likeness (QED) is 0.839. The second-order valence-electron chi connectivity index (χ2n) is 5.64. The number of anilines is 1. The number of rotatable bonds is 6. The summed E-state index contributed by atoms with van der Waals surface area (Å²) >= 11 is 0. The highest BCUT2D eigenvalue weighted by molar-refractivity contribution is 5.52. The monoisotopic (exact) mass is 250 g/mol. The van der Waals surface area contributed by atoms with Crippen LogP contribution in [0.25, 0.3) is 0 Å². The van der Waals surface area contributed by atoms with Gasteiger partial charge < -0.3 is 10.0 Å². The molecule has 0 fully saturated rings. The van der Waals surface area contributed by atoms with Gasteiger partial charge in [0.2, 0.25) is 0 Å². The summed E-state index contributed by atoms with van der Waals surface area (Å²) in [5, 5.41) is 9.92. The normalized spacial score (nSPS) is 11.9. The predicted octanol–water partition coefficient (Wildman–Crippen LogP) is 2.35. The summed E-state index contributed by atoms with van der Waals surface area (Å²) in [5.74, 6) is 0. The van der Waals surface area contributed by atoms with Crippen LogP contribution in [0.5, 0.6) is 0 Å². The van der Waals surface area contributed by atoms with Gasteiger partial charge in [0.05, 0.1) is 5.60 Å². The molecule has 0 saturated carbocycles. The van der Waals surface area contributed by atoms with Crippen molar-refractivity contribution in [3.05, 3.63) is 29.8 Å². The van der Waals surface area contributed by atoms with Crippen LogP contribution in [0.15, 0.2) is 24.3 Å². The largest absolute Gasteiger partial charge is 0.389 e. The number of nitrogens with zero attached hydrogens (tertiary/aromatic N) is 2. The Morgan fingerprint density at radius 1 is 1.17 bits per heavy atom. The van der Waals surface area contributed by atoms with E-state index in [0.717, 1.165) is 13.1 Å². The standard InChI is InChI=1S/C15H26N2O/c1-6-17(12-15(2,3)18)11-13-9-7-8-10-14(13)16(4)5/h7-10,18H,6,11-12H2,1-5H3. The molecule has 0 bridgehead atoms. The Balaban J connectivity index is 2.82. The first kappa shape index (κ1) is 15.0. The van der Waals surface area contributed by atoms with Crippen molar-refractivity contribution in [2.45, 2.75) is 32.9 Å². The van der Waals surface area contributed by atoms with Crippen LogP contribution in [0.1, 0.15) is 26.3 Å². The lowest BCUT2D eigenvalue weighted by Crippen LogP contribution is -2.38. The van der Waals surface area contributed by atoms with E-state index in [1.54, 1.807) is 0 Å². The maximum atomic E-state index is 9.92. The average molecular weight is 250 g/mol. The van der Waals surface area contributed by atoms with E-state index < -0.39 is 5.60 Å². The first-order valence-electron chi connectivity index (χ1n) is 6.53. The summed E-state index contributed by atoms with van der Waals surface area (Å²) in [7, 11) is 4.12. The van der Waals surface area contributed by atoms with Crippen molar-refractivity contribution in [3.8, 4) is 0 Å². The molecule has 1 aromatic carbocycles. The Hall–Kier alpha value is -1.06. The number of hydrogen-bond acceptors (Lipinski definition) is 3. The van der Waals surface area contributed by atoms with Crippen molar-refractivity contribution in [2.24, 2.45) is 0 Å². The molecule has 3 nitrogen and oxygen atoms in total. The molecule has 0 atom stereocenters. The van der Waals surface area contributed by atoms with Gasteiger partial charge in [-0.05, 0) is 32.0 Å². The molecular weight excluding hydrogens is 224 g/mol. The molecule has 0 amide bonds.